The summed E-state index contributed by atoms with van der Waals surface area (Å²) in [6.07, 6.45) is 44.1. The van der Waals surface area contributed by atoms with Gasteiger partial charge in [-0.15, -0.1) is 0 Å². The molecule has 52 heavy (non-hydrogen) atoms. The number of rotatable bonds is 42. The smallest absolute Gasteiger partial charge is 0.0988 e. The normalized spacial score (nSPS) is 12.8. The maximum Gasteiger partial charge on any atom is 0.0988 e. The molecular weight excluding hydrogens is 645 g/mol. The van der Waals surface area contributed by atoms with E-state index in [2.05, 4.69) is 13.8 Å². The lowest BCUT2D eigenvalue weighted by Gasteiger charge is -2.18. The largest absolute Gasteiger partial charge is 0.392 e. The topological polar surface area (TPSA) is 65.4 Å². The van der Waals surface area contributed by atoms with Gasteiger partial charge in [-0.05, 0) is 40.9 Å². The minimum atomic E-state index is -0.356. The average Bonchev–Trinajstić information content (AvgIpc) is 3.10. The van der Waals surface area contributed by atoms with Crippen molar-refractivity contribution in [1.82, 2.24) is 9.80 Å². The van der Waals surface area contributed by atoms with Crippen molar-refractivity contribution in [2.24, 2.45) is 0 Å². The summed E-state index contributed by atoms with van der Waals surface area (Å²) in [5, 5.41) is 19.0. The molecule has 0 radical (unpaired) electrons. The van der Waals surface area contributed by atoms with E-state index in [0.29, 0.717) is 26.4 Å². The molecule has 0 fully saturated rings. The zero-order valence-electron chi connectivity index (χ0n) is 36.6. The van der Waals surface area contributed by atoms with Gasteiger partial charge >= 0.3 is 0 Å². The van der Waals surface area contributed by atoms with E-state index in [1.807, 2.05) is 37.9 Å². The summed E-state index contributed by atoms with van der Waals surface area (Å²) in [7, 11) is 5.93. The van der Waals surface area contributed by atoms with Gasteiger partial charge in [-0.1, -0.05) is 206 Å². The predicted molar refractivity (Wildman–Crippen MR) is 230 cm³/mol. The highest BCUT2D eigenvalue weighted by Gasteiger charge is 2.05. The fourth-order valence-corrected chi connectivity index (χ4v) is 6.92. The molecule has 0 aliphatic heterocycles. The van der Waals surface area contributed by atoms with Crippen LogP contribution in [0.15, 0.2) is 0 Å². The summed E-state index contributed by atoms with van der Waals surface area (Å²) in [5.41, 5.74) is 0. The molecule has 2 unspecified atom stereocenters. The van der Waals surface area contributed by atoms with Crippen LogP contribution in [-0.2, 0) is 9.47 Å². The molecule has 0 saturated heterocycles. The fourth-order valence-electron chi connectivity index (χ4n) is 6.92. The standard InChI is InChI=1S/2C23H49NO2/c1-4-5-6-7-8-9-10-11-12-13-14-15-16-17-18-19-20-26-22-23(25)21-24(2)3;1-4-5-6-7-8-9-10-11-12-13-14-15-16-17-18-19-20-26-22-24(3)21-23(2)25/h2*23,25H,4-22H2,1-3H3. The van der Waals surface area contributed by atoms with Crippen LogP contribution in [0.4, 0.5) is 0 Å². The van der Waals surface area contributed by atoms with Crippen LogP contribution in [0.5, 0.6) is 0 Å². The summed E-state index contributed by atoms with van der Waals surface area (Å²) in [5.74, 6) is 0. The summed E-state index contributed by atoms with van der Waals surface area (Å²) >= 11 is 0. The van der Waals surface area contributed by atoms with Crippen LogP contribution in [0.25, 0.3) is 0 Å². The Kier molecular flexibility index (Phi) is 48.6. The Bertz CT molecular complexity index is 569. The third kappa shape index (κ3) is 51.9. The number of likely N-dealkylation sites (N-methyl/N-ethyl adjacent to an activating group) is 2. The highest BCUT2D eigenvalue weighted by atomic mass is 16.5. The van der Waals surface area contributed by atoms with E-state index in [9.17, 15) is 10.2 Å². The Morgan fingerprint density at radius 2 is 0.692 bits per heavy atom. The van der Waals surface area contributed by atoms with Crippen LogP contribution in [0, 0.1) is 0 Å². The van der Waals surface area contributed by atoms with Gasteiger partial charge in [0, 0.05) is 26.3 Å². The van der Waals surface area contributed by atoms with Gasteiger partial charge in [0.2, 0.25) is 0 Å². The maximum atomic E-state index is 9.69. The third-order valence-electron chi connectivity index (χ3n) is 10.1. The van der Waals surface area contributed by atoms with Crippen molar-refractivity contribution in [3.8, 4) is 0 Å². The van der Waals surface area contributed by atoms with Crippen molar-refractivity contribution in [2.75, 3.05) is 60.8 Å². The van der Waals surface area contributed by atoms with Crippen molar-refractivity contribution in [3.63, 3.8) is 0 Å². The maximum absolute atomic E-state index is 9.69. The molecule has 0 aromatic heterocycles. The number of hydrogen-bond acceptors (Lipinski definition) is 6. The number of ether oxygens (including phenoxy) is 2. The quantitative estimate of drug-likeness (QED) is 0.0479. The second-order valence-electron chi connectivity index (χ2n) is 16.5. The van der Waals surface area contributed by atoms with Crippen LogP contribution >= 0.6 is 0 Å². The Hall–Kier alpha value is -0.240. The van der Waals surface area contributed by atoms with E-state index < -0.39 is 0 Å². The first-order valence-corrected chi connectivity index (χ1v) is 23.2. The molecule has 316 valence electrons. The third-order valence-corrected chi connectivity index (χ3v) is 10.1. The molecule has 0 spiro atoms. The first-order valence-electron chi connectivity index (χ1n) is 23.2. The lowest BCUT2D eigenvalue weighted by Crippen LogP contribution is -2.29. The van der Waals surface area contributed by atoms with Crippen molar-refractivity contribution >= 4 is 0 Å². The highest BCUT2D eigenvalue weighted by molar-refractivity contribution is 4.57. The van der Waals surface area contributed by atoms with Crippen molar-refractivity contribution in [3.05, 3.63) is 0 Å². The van der Waals surface area contributed by atoms with Gasteiger partial charge in [0.1, 0.15) is 0 Å². The number of hydrogen-bond donors (Lipinski definition) is 2. The second kappa shape index (κ2) is 46.9. The van der Waals surface area contributed by atoms with Crippen LogP contribution in [-0.4, -0.2) is 93.0 Å². The van der Waals surface area contributed by atoms with Crippen LogP contribution < -0.4 is 0 Å². The number of aliphatic hydroxyl groups excluding tert-OH is 2. The predicted octanol–water partition coefficient (Wildman–Crippen LogP) is 12.7. The lowest BCUT2D eigenvalue weighted by molar-refractivity contribution is 0.0198. The summed E-state index contributed by atoms with van der Waals surface area (Å²) < 4.78 is 11.2. The van der Waals surface area contributed by atoms with Gasteiger partial charge < -0.3 is 24.6 Å². The monoisotopic (exact) mass is 743 g/mol. The van der Waals surface area contributed by atoms with Crippen molar-refractivity contribution in [2.45, 2.75) is 238 Å². The Balaban J connectivity index is 0. The van der Waals surface area contributed by atoms with Crippen molar-refractivity contribution < 1.29 is 19.7 Å². The zero-order valence-corrected chi connectivity index (χ0v) is 36.6. The molecule has 0 aliphatic rings. The first-order chi connectivity index (χ1) is 25.3. The second-order valence-corrected chi connectivity index (χ2v) is 16.5. The molecule has 0 bridgehead atoms. The lowest BCUT2D eigenvalue weighted by atomic mass is 10.0. The molecule has 0 aromatic rings. The molecule has 0 heterocycles. The van der Waals surface area contributed by atoms with E-state index in [4.69, 9.17) is 9.47 Å². The van der Waals surface area contributed by atoms with Crippen LogP contribution in [0.2, 0.25) is 0 Å². The number of unbranched alkanes of at least 4 members (excludes halogenated alkanes) is 30. The summed E-state index contributed by atoms with van der Waals surface area (Å²) in [6, 6.07) is 0. The van der Waals surface area contributed by atoms with E-state index in [-0.39, 0.29) is 12.2 Å². The van der Waals surface area contributed by atoms with Crippen LogP contribution in [0.3, 0.4) is 0 Å². The van der Waals surface area contributed by atoms with Gasteiger partial charge in [0.25, 0.3) is 0 Å². The minimum Gasteiger partial charge on any atom is -0.392 e. The Labute approximate surface area is 328 Å². The van der Waals surface area contributed by atoms with Crippen LogP contribution in [0.1, 0.15) is 226 Å². The molecule has 6 heteroatoms. The first kappa shape index (κ1) is 53.9. The van der Waals surface area contributed by atoms with E-state index in [1.165, 1.54) is 199 Å². The fraction of sp³-hybridized carbons (Fsp3) is 1.00. The Morgan fingerprint density at radius 3 is 0.981 bits per heavy atom. The van der Waals surface area contributed by atoms with Gasteiger partial charge in [-0.3, -0.25) is 4.90 Å². The molecule has 0 aliphatic carbocycles. The van der Waals surface area contributed by atoms with E-state index >= 15 is 0 Å². The highest BCUT2D eigenvalue weighted by Crippen LogP contribution is 2.15. The SMILES string of the molecule is CCCCCCCCCCCCCCCCCCOCC(O)CN(C)C.CCCCCCCCCCCCCCCCCCOCN(C)CC(C)O. The number of nitrogens with zero attached hydrogens (tertiary/aromatic N) is 2. The Morgan fingerprint density at radius 1 is 0.404 bits per heavy atom. The van der Waals surface area contributed by atoms with E-state index in [1.54, 1.807) is 0 Å². The van der Waals surface area contributed by atoms with Gasteiger partial charge in [0.15, 0.2) is 0 Å². The van der Waals surface area contributed by atoms with E-state index in [0.717, 1.165) is 19.6 Å². The molecule has 2 N–H and O–H groups in total. The van der Waals surface area contributed by atoms with Crippen molar-refractivity contribution in [1.29, 1.82) is 0 Å². The zero-order chi connectivity index (χ0) is 38.6. The molecule has 0 amide bonds. The molecule has 0 saturated carbocycles. The average molecular weight is 743 g/mol. The molecule has 0 rings (SSSR count). The molecule has 0 aromatic carbocycles. The molecule has 2 atom stereocenters. The molecule has 6 nitrogen and oxygen atoms in total. The summed E-state index contributed by atoms with van der Waals surface area (Å²) in [4.78, 5) is 4.01. The minimum absolute atomic E-state index is 0.279. The van der Waals surface area contributed by atoms with Gasteiger partial charge in [0.05, 0.1) is 25.5 Å². The summed E-state index contributed by atoms with van der Waals surface area (Å²) in [6.45, 7) is 10.5. The van der Waals surface area contributed by atoms with Gasteiger partial charge in [-0.2, -0.15) is 0 Å². The van der Waals surface area contributed by atoms with Gasteiger partial charge in [-0.25, -0.2) is 0 Å². The molecular formula is C46H98N2O4. The number of aliphatic hydroxyl groups is 2.